The number of amides is 1. The predicted molar refractivity (Wildman–Crippen MR) is 84.0 cm³/mol. The molecule has 1 aliphatic rings. The van der Waals surface area contributed by atoms with Crippen LogP contribution in [-0.2, 0) is 5.54 Å². The minimum Gasteiger partial charge on any atom is -0.343 e. The highest BCUT2D eigenvalue weighted by Crippen LogP contribution is 2.46. The molecule has 1 amide bonds. The Bertz CT molecular complexity index is 650. The van der Waals surface area contributed by atoms with Crippen LogP contribution in [-0.4, -0.2) is 5.91 Å². The van der Waals surface area contributed by atoms with E-state index < -0.39 is 0 Å². The SMILES string of the molecule is O=C(NC1(c2cccc(Cl)c2)CC1)c1ccc(Br)cc1. The van der Waals surface area contributed by atoms with Crippen LogP contribution in [0.15, 0.2) is 53.0 Å². The number of halogens is 2. The predicted octanol–water partition coefficient (Wildman–Crippen LogP) is 4.52. The van der Waals surface area contributed by atoms with Crippen molar-refractivity contribution in [1.29, 1.82) is 0 Å². The molecule has 0 saturated heterocycles. The molecule has 1 aliphatic carbocycles. The van der Waals surface area contributed by atoms with Crippen LogP contribution in [0.3, 0.4) is 0 Å². The maximum atomic E-state index is 12.3. The van der Waals surface area contributed by atoms with Gasteiger partial charge in [-0.3, -0.25) is 4.79 Å². The lowest BCUT2D eigenvalue weighted by atomic mass is 10.0. The van der Waals surface area contributed by atoms with Gasteiger partial charge in [0.1, 0.15) is 0 Å². The molecule has 0 bridgehead atoms. The average Bonchev–Trinajstić information content (AvgIpc) is 3.20. The molecule has 0 aliphatic heterocycles. The highest BCUT2D eigenvalue weighted by Gasteiger charge is 2.45. The molecular weight excluding hydrogens is 338 g/mol. The highest BCUT2D eigenvalue weighted by atomic mass is 79.9. The van der Waals surface area contributed by atoms with Crippen molar-refractivity contribution >= 4 is 33.4 Å². The molecule has 1 saturated carbocycles. The number of carbonyl (C=O) groups is 1. The van der Waals surface area contributed by atoms with Crippen LogP contribution in [0.25, 0.3) is 0 Å². The normalized spacial score (nSPS) is 15.7. The Morgan fingerprint density at radius 3 is 2.45 bits per heavy atom. The number of carbonyl (C=O) groups excluding carboxylic acids is 1. The van der Waals surface area contributed by atoms with Crippen molar-refractivity contribution in [3.05, 3.63) is 69.2 Å². The van der Waals surface area contributed by atoms with E-state index in [-0.39, 0.29) is 11.4 Å². The van der Waals surface area contributed by atoms with Crippen molar-refractivity contribution < 1.29 is 4.79 Å². The molecule has 1 N–H and O–H groups in total. The van der Waals surface area contributed by atoms with Crippen LogP contribution >= 0.6 is 27.5 Å². The number of hydrogen-bond acceptors (Lipinski definition) is 1. The second kappa shape index (κ2) is 5.23. The summed E-state index contributed by atoms with van der Waals surface area (Å²) in [5.41, 5.74) is 1.51. The van der Waals surface area contributed by atoms with E-state index in [0.717, 1.165) is 22.9 Å². The van der Waals surface area contributed by atoms with Crippen LogP contribution in [0.5, 0.6) is 0 Å². The monoisotopic (exact) mass is 349 g/mol. The third-order valence-electron chi connectivity index (χ3n) is 3.59. The van der Waals surface area contributed by atoms with Gasteiger partial charge in [0.15, 0.2) is 0 Å². The fourth-order valence-electron chi connectivity index (χ4n) is 2.29. The number of hydrogen-bond donors (Lipinski definition) is 1. The van der Waals surface area contributed by atoms with Gasteiger partial charge in [0.2, 0.25) is 0 Å². The van der Waals surface area contributed by atoms with E-state index in [1.54, 1.807) is 0 Å². The molecule has 3 rings (SSSR count). The summed E-state index contributed by atoms with van der Waals surface area (Å²) in [6.07, 6.45) is 1.91. The minimum atomic E-state index is -0.241. The van der Waals surface area contributed by atoms with Crippen LogP contribution in [0, 0.1) is 0 Å². The van der Waals surface area contributed by atoms with E-state index in [2.05, 4.69) is 21.2 Å². The summed E-state index contributed by atoms with van der Waals surface area (Å²) < 4.78 is 0.963. The number of rotatable bonds is 3. The van der Waals surface area contributed by atoms with Crippen molar-refractivity contribution in [2.45, 2.75) is 18.4 Å². The topological polar surface area (TPSA) is 29.1 Å². The van der Waals surface area contributed by atoms with Gasteiger partial charge >= 0.3 is 0 Å². The number of nitrogens with one attached hydrogen (secondary N) is 1. The van der Waals surface area contributed by atoms with E-state index in [4.69, 9.17) is 11.6 Å². The highest BCUT2D eigenvalue weighted by molar-refractivity contribution is 9.10. The van der Waals surface area contributed by atoms with Crippen molar-refractivity contribution in [1.82, 2.24) is 5.32 Å². The maximum absolute atomic E-state index is 12.3. The van der Waals surface area contributed by atoms with Gasteiger partial charge in [0.25, 0.3) is 5.91 Å². The van der Waals surface area contributed by atoms with Gasteiger partial charge in [-0.1, -0.05) is 39.7 Å². The molecule has 0 unspecified atom stereocenters. The Morgan fingerprint density at radius 2 is 1.85 bits per heavy atom. The maximum Gasteiger partial charge on any atom is 0.251 e. The van der Waals surface area contributed by atoms with E-state index in [1.807, 2.05) is 48.5 Å². The Kier molecular flexibility index (Phi) is 3.57. The second-order valence-corrected chi connectivity index (χ2v) is 6.41. The first-order valence-electron chi connectivity index (χ1n) is 6.43. The molecule has 102 valence electrons. The zero-order valence-electron chi connectivity index (χ0n) is 10.7. The molecule has 1 fully saturated rings. The smallest absolute Gasteiger partial charge is 0.251 e. The van der Waals surface area contributed by atoms with Crippen molar-refractivity contribution in [2.75, 3.05) is 0 Å². The van der Waals surface area contributed by atoms with Gasteiger partial charge < -0.3 is 5.32 Å². The third-order valence-corrected chi connectivity index (χ3v) is 4.35. The van der Waals surface area contributed by atoms with E-state index in [0.29, 0.717) is 10.6 Å². The van der Waals surface area contributed by atoms with Crippen LogP contribution in [0.2, 0.25) is 5.02 Å². The Labute approximate surface area is 131 Å². The van der Waals surface area contributed by atoms with Crippen LogP contribution in [0.4, 0.5) is 0 Å². The lowest BCUT2D eigenvalue weighted by molar-refractivity contribution is 0.0931. The summed E-state index contributed by atoms with van der Waals surface area (Å²) in [5, 5.41) is 3.83. The molecule has 2 aromatic carbocycles. The van der Waals surface area contributed by atoms with Gasteiger partial charge in [0, 0.05) is 15.1 Å². The summed E-state index contributed by atoms with van der Waals surface area (Å²) in [5.74, 6) is -0.0463. The molecule has 4 heteroatoms. The van der Waals surface area contributed by atoms with Crippen molar-refractivity contribution in [3.63, 3.8) is 0 Å². The Morgan fingerprint density at radius 1 is 1.15 bits per heavy atom. The number of benzene rings is 2. The molecular formula is C16H13BrClNO. The van der Waals surface area contributed by atoms with E-state index in [9.17, 15) is 4.79 Å². The standard InChI is InChI=1S/C16H13BrClNO/c17-13-6-4-11(5-7-13)15(20)19-16(8-9-16)12-2-1-3-14(18)10-12/h1-7,10H,8-9H2,(H,19,20). The van der Waals surface area contributed by atoms with E-state index >= 15 is 0 Å². The Hall–Kier alpha value is -1.32. The van der Waals surface area contributed by atoms with Gasteiger partial charge in [-0.15, -0.1) is 0 Å². The Balaban J connectivity index is 1.80. The summed E-state index contributed by atoms with van der Waals surface area (Å²) in [7, 11) is 0. The fourth-order valence-corrected chi connectivity index (χ4v) is 2.74. The van der Waals surface area contributed by atoms with Gasteiger partial charge in [-0.25, -0.2) is 0 Å². The van der Waals surface area contributed by atoms with Crippen LogP contribution in [0.1, 0.15) is 28.8 Å². The molecule has 0 spiro atoms. The van der Waals surface area contributed by atoms with Gasteiger partial charge in [-0.2, -0.15) is 0 Å². The summed E-state index contributed by atoms with van der Waals surface area (Å²) in [6, 6.07) is 15.1. The first-order valence-corrected chi connectivity index (χ1v) is 7.60. The summed E-state index contributed by atoms with van der Waals surface area (Å²) in [4.78, 5) is 12.3. The van der Waals surface area contributed by atoms with E-state index in [1.165, 1.54) is 0 Å². The lowest BCUT2D eigenvalue weighted by Gasteiger charge is -2.18. The van der Waals surface area contributed by atoms with Gasteiger partial charge in [-0.05, 0) is 54.8 Å². The van der Waals surface area contributed by atoms with Crippen LogP contribution < -0.4 is 5.32 Å². The van der Waals surface area contributed by atoms with Gasteiger partial charge in [0.05, 0.1) is 5.54 Å². The minimum absolute atomic E-state index is 0.0463. The molecule has 0 atom stereocenters. The molecule has 2 nitrogen and oxygen atoms in total. The molecule has 2 aromatic rings. The molecule has 20 heavy (non-hydrogen) atoms. The summed E-state index contributed by atoms with van der Waals surface area (Å²) in [6.45, 7) is 0. The van der Waals surface area contributed by atoms with Crippen molar-refractivity contribution in [3.8, 4) is 0 Å². The lowest BCUT2D eigenvalue weighted by Crippen LogP contribution is -2.34. The molecule has 0 aromatic heterocycles. The first-order chi connectivity index (χ1) is 9.59. The largest absolute Gasteiger partial charge is 0.343 e. The zero-order chi connectivity index (χ0) is 14.2. The average molecular weight is 351 g/mol. The second-order valence-electron chi connectivity index (χ2n) is 5.05. The first kappa shape index (κ1) is 13.7. The quantitative estimate of drug-likeness (QED) is 0.866. The molecule has 0 heterocycles. The molecule has 0 radical (unpaired) electrons. The van der Waals surface area contributed by atoms with Crippen molar-refractivity contribution in [2.24, 2.45) is 0 Å². The summed E-state index contributed by atoms with van der Waals surface area (Å²) >= 11 is 9.40. The third kappa shape index (κ3) is 2.74. The zero-order valence-corrected chi connectivity index (χ0v) is 13.0. The fraction of sp³-hybridized carbons (Fsp3) is 0.188.